The van der Waals surface area contributed by atoms with E-state index in [1.54, 1.807) is 11.3 Å². The van der Waals surface area contributed by atoms with Crippen LogP contribution < -0.4 is 0 Å². The van der Waals surface area contributed by atoms with Crippen LogP contribution in [0.1, 0.15) is 38.5 Å². The number of aliphatic hydroxyl groups excluding tert-OH is 1. The highest BCUT2D eigenvalue weighted by atomic mass is 32.1. The molecule has 1 aliphatic heterocycles. The van der Waals surface area contributed by atoms with Crippen molar-refractivity contribution in [3.8, 4) is 0 Å². The SMILES string of the molecule is Cc1ccc(C(=O)N2CCCC(CO)(Cc3ccccc3C)C2)s1. The van der Waals surface area contributed by atoms with Gasteiger partial charge in [-0.25, -0.2) is 0 Å². The van der Waals surface area contributed by atoms with Gasteiger partial charge in [0, 0.05) is 23.4 Å². The molecule has 1 unspecified atom stereocenters. The molecule has 128 valence electrons. The number of likely N-dealkylation sites (tertiary alicyclic amines) is 1. The quantitative estimate of drug-likeness (QED) is 0.917. The summed E-state index contributed by atoms with van der Waals surface area (Å²) in [6.45, 7) is 5.67. The van der Waals surface area contributed by atoms with Gasteiger partial charge in [0.2, 0.25) is 0 Å². The van der Waals surface area contributed by atoms with Gasteiger partial charge in [-0.2, -0.15) is 0 Å². The van der Waals surface area contributed by atoms with Gasteiger partial charge >= 0.3 is 0 Å². The summed E-state index contributed by atoms with van der Waals surface area (Å²) in [5.41, 5.74) is 2.29. The molecule has 0 bridgehead atoms. The highest BCUT2D eigenvalue weighted by molar-refractivity contribution is 7.13. The molecule has 0 saturated carbocycles. The number of hydrogen-bond donors (Lipinski definition) is 1. The summed E-state index contributed by atoms with van der Waals surface area (Å²) in [5, 5.41) is 10.1. The third-order valence-corrected chi connectivity index (χ3v) is 6.05. The molecule has 3 rings (SSSR count). The standard InChI is InChI=1S/C20H25NO2S/c1-15-6-3-4-7-17(15)12-20(14-22)10-5-11-21(13-20)19(23)18-9-8-16(2)24-18/h3-4,6-9,22H,5,10-14H2,1-2H3. The number of aryl methyl sites for hydroxylation is 2. The molecule has 1 aromatic heterocycles. The summed E-state index contributed by atoms with van der Waals surface area (Å²) in [4.78, 5) is 16.7. The van der Waals surface area contributed by atoms with E-state index in [0.29, 0.717) is 6.54 Å². The molecule has 1 aliphatic rings. The molecular weight excluding hydrogens is 318 g/mol. The number of thiophene rings is 1. The molecule has 0 radical (unpaired) electrons. The third-order valence-electron chi connectivity index (χ3n) is 5.06. The van der Waals surface area contributed by atoms with Gasteiger partial charge in [0.05, 0.1) is 11.5 Å². The summed E-state index contributed by atoms with van der Waals surface area (Å²) < 4.78 is 0. The van der Waals surface area contributed by atoms with Crippen LogP contribution >= 0.6 is 11.3 Å². The van der Waals surface area contributed by atoms with Crippen LogP contribution in [0.2, 0.25) is 0 Å². The Morgan fingerprint density at radius 1 is 1.25 bits per heavy atom. The van der Waals surface area contributed by atoms with Gasteiger partial charge in [-0.05, 0) is 56.4 Å². The zero-order valence-corrected chi connectivity index (χ0v) is 15.2. The molecule has 1 aromatic carbocycles. The third kappa shape index (κ3) is 3.55. The van der Waals surface area contributed by atoms with E-state index in [0.717, 1.165) is 35.6 Å². The van der Waals surface area contributed by atoms with Crippen LogP contribution in [0.3, 0.4) is 0 Å². The Balaban J connectivity index is 1.79. The average molecular weight is 343 g/mol. The molecule has 1 amide bonds. The van der Waals surface area contributed by atoms with Gasteiger partial charge in [-0.1, -0.05) is 24.3 Å². The molecule has 0 spiro atoms. The molecule has 4 heteroatoms. The fraction of sp³-hybridized carbons (Fsp3) is 0.450. The maximum Gasteiger partial charge on any atom is 0.263 e. The second-order valence-electron chi connectivity index (χ2n) is 7.00. The predicted octanol–water partition coefficient (Wildman–Crippen LogP) is 3.82. The molecule has 24 heavy (non-hydrogen) atoms. The number of hydrogen-bond acceptors (Lipinski definition) is 3. The summed E-state index contributed by atoms with van der Waals surface area (Å²) in [7, 11) is 0. The van der Waals surface area contributed by atoms with Crippen molar-refractivity contribution in [1.82, 2.24) is 4.90 Å². The highest BCUT2D eigenvalue weighted by Crippen LogP contribution is 2.35. The summed E-state index contributed by atoms with van der Waals surface area (Å²) in [6.07, 6.45) is 2.73. The van der Waals surface area contributed by atoms with E-state index < -0.39 is 0 Å². The van der Waals surface area contributed by atoms with E-state index in [1.807, 2.05) is 36.1 Å². The first kappa shape index (κ1) is 17.2. The Bertz CT molecular complexity index is 724. The molecule has 1 saturated heterocycles. The zero-order valence-electron chi connectivity index (χ0n) is 14.4. The lowest BCUT2D eigenvalue weighted by molar-refractivity contribution is 0.0274. The van der Waals surface area contributed by atoms with Crippen LogP contribution in [-0.2, 0) is 6.42 Å². The summed E-state index contributed by atoms with van der Waals surface area (Å²) in [6, 6.07) is 12.2. The largest absolute Gasteiger partial charge is 0.396 e. The zero-order chi connectivity index (χ0) is 17.2. The maximum absolute atomic E-state index is 12.8. The van der Waals surface area contributed by atoms with Crippen molar-refractivity contribution in [3.63, 3.8) is 0 Å². The van der Waals surface area contributed by atoms with E-state index in [-0.39, 0.29) is 17.9 Å². The van der Waals surface area contributed by atoms with E-state index in [2.05, 4.69) is 19.1 Å². The number of carbonyl (C=O) groups is 1. The van der Waals surface area contributed by atoms with Crippen molar-refractivity contribution in [2.75, 3.05) is 19.7 Å². The molecule has 2 aromatic rings. The van der Waals surface area contributed by atoms with E-state index in [4.69, 9.17) is 0 Å². The van der Waals surface area contributed by atoms with E-state index in [9.17, 15) is 9.90 Å². The lowest BCUT2D eigenvalue weighted by atomic mass is 9.75. The first-order valence-electron chi connectivity index (χ1n) is 8.54. The van der Waals surface area contributed by atoms with E-state index in [1.165, 1.54) is 11.1 Å². The van der Waals surface area contributed by atoms with Crippen molar-refractivity contribution >= 4 is 17.2 Å². The number of aliphatic hydroxyl groups is 1. The van der Waals surface area contributed by atoms with Crippen LogP contribution in [0, 0.1) is 19.3 Å². The Morgan fingerprint density at radius 3 is 2.71 bits per heavy atom. The fourth-order valence-corrected chi connectivity index (χ4v) is 4.46. The summed E-state index contributed by atoms with van der Waals surface area (Å²) in [5.74, 6) is 0.107. The van der Waals surface area contributed by atoms with Gasteiger partial charge in [-0.3, -0.25) is 4.79 Å². The fourth-order valence-electron chi connectivity index (χ4n) is 3.63. The smallest absolute Gasteiger partial charge is 0.263 e. The number of rotatable bonds is 4. The first-order chi connectivity index (χ1) is 11.5. The minimum Gasteiger partial charge on any atom is -0.396 e. The van der Waals surface area contributed by atoms with Gasteiger partial charge in [0.15, 0.2) is 0 Å². The van der Waals surface area contributed by atoms with Crippen LogP contribution in [0.4, 0.5) is 0 Å². The van der Waals surface area contributed by atoms with Gasteiger partial charge in [0.1, 0.15) is 0 Å². The van der Waals surface area contributed by atoms with Crippen molar-refractivity contribution in [3.05, 3.63) is 57.3 Å². The molecule has 2 heterocycles. The number of carbonyl (C=O) groups excluding carboxylic acids is 1. The van der Waals surface area contributed by atoms with Gasteiger partial charge in [-0.15, -0.1) is 11.3 Å². The lowest BCUT2D eigenvalue weighted by Gasteiger charge is -2.42. The van der Waals surface area contributed by atoms with Crippen LogP contribution in [0.25, 0.3) is 0 Å². The van der Waals surface area contributed by atoms with Crippen LogP contribution in [0.15, 0.2) is 36.4 Å². The number of piperidine rings is 1. The lowest BCUT2D eigenvalue weighted by Crippen LogP contribution is -2.48. The minimum absolute atomic E-state index is 0.107. The second-order valence-corrected chi connectivity index (χ2v) is 8.29. The van der Waals surface area contributed by atoms with Crippen molar-refractivity contribution in [1.29, 1.82) is 0 Å². The summed E-state index contributed by atoms with van der Waals surface area (Å²) >= 11 is 1.55. The molecule has 3 nitrogen and oxygen atoms in total. The van der Waals surface area contributed by atoms with E-state index >= 15 is 0 Å². The molecule has 1 atom stereocenters. The van der Waals surface area contributed by atoms with Gasteiger partial charge in [0.25, 0.3) is 5.91 Å². The normalized spacial score (nSPS) is 21.0. The first-order valence-corrected chi connectivity index (χ1v) is 9.36. The molecule has 1 N–H and O–H groups in total. The number of nitrogens with zero attached hydrogens (tertiary/aromatic N) is 1. The Kier molecular flexibility index (Phi) is 5.07. The number of amides is 1. The molecular formula is C20H25NO2S. The monoisotopic (exact) mass is 343 g/mol. The Hall–Kier alpha value is -1.65. The Labute approximate surface area is 147 Å². The average Bonchev–Trinajstić information content (AvgIpc) is 3.03. The minimum atomic E-state index is -0.230. The van der Waals surface area contributed by atoms with Crippen molar-refractivity contribution < 1.29 is 9.90 Å². The number of benzene rings is 1. The van der Waals surface area contributed by atoms with Crippen LogP contribution in [0.5, 0.6) is 0 Å². The van der Waals surface area contributed by atoms with Gasteiger partial charge < -0.3 is 10.0 Å². The maximum atomic E-state index is 12.8. The highest BCUT2D eigenvalue weighted by Gasteiger charge is 2.37. The topological polar surface area (TPSA) is 40.5 Å². The van der Waals surface area contributed by atoms with Crippen LogP contribution in [-0.4, -0.2) is 35.6 Å². The van der Waals surface area contributed by atoms with Crippen molar-refractivity contribution in [2.45, 2.75) is 33.1 Å². The molecule has 0 aliphatic carbocycles. The Morgan fingerprint density at radius 2 is 2.04 bits per heavy atom. The van der Waals surface area contributed by atoms with Crippen molar-refractivity contribution in [2.24, 2.45) is 5.41 Å². The molecule has 1 fully saturated rings. The second kappa shape index (κ2) is 7.08. The predicted molar refractivity (Wildman–Crippen MR) is 98.6 cm³/mol.